The summed E-state index contributed by atoms with van der Waals surface area (Å²) in [5, 5.41) is 8.53. The Morgan fingerprint density at radius 1 is 1.00 bits per heavy atom. The Morgan fingerprint density at radius 3 is 1.95 bits per heavy atom. The molecule has 2 aromatic rings. The summed E-state index contributed by atoms with van der Waals surface area (Å²) in [7, 11) is 1.50. The number of terminal acetylenes is 1. The van der Waals surface area contributed by atoms with E-state index in [1.54, 1.807) is 0 Å². The molecule has 2 aliphatic carbocycles. The number of likely N-dealkylation sites (tertiary alicyclic amines) is 1. The van der Waals surface area contributed by atoms with Crippen LogP contribution in [-0.4, -0.2) is 65.1 Å². The number of fused-ring (bicyclic) bond motifs is 1. The van der Waals surface area contributed by atoms with E-state index in [-0.39, 0.29) is 23.4 Å². The number of aromatic amines is 1. The number of H-pyrrole nitrogens is 1. The summed E-state index contributed by atoms with van der Waals surface area (Å²) in [4.78, 5) is 47.0. The molecule has 1 aromatic carbocycles. The summed E-state index contributed by atoms with van der Waals surface area (Å²) < 4.78 is 13.0. The van der Waals surface area contributed by atoms with Gasteiger partial charge in [-0.1, -0.05) is 84.9 Å². The molecule has 0 bridgehead atoms. The summed E-state index contributed by atoms with van der Waals surface area (Å²) in [5.74, 6) is 1.56. The van der Waals surface area contributed by atoms with Gasteiger partial charge in [0.2, 0.25) is 17.8 Å². The number of amides is 2. The van der Waals surface area contributed by atoms with Crippen molar-refractivity contribution in [3.63, 3.8) is 0 Å². The Bertz CT molecular complexity index is 1540. The highest BCUT2D eigenvalue weighted by molar-refractivity contribution is 5.96. The highest BCUT2D eigenvalue weighted by atomic mass is 19.1. The zero-order valence-corrected chi connectivity index (χ0v) is 35.8. The lowest BCUT2D eigenvalue weighted by Gasteiger charge is -2.30. The molecule has 57 heavy (non-hydrogen) atoms. The van der Waals surface area contributed by atoms with Gasteiger partial charge in [0.05, 0.1) is 13.2 Å². The van der Waals surface area contributed by atoms with E-state index >= 15 is 0 Å². The van der Waals surface area contributed by atoms with Gasteiger partial charge in [-0.05, 0) is 48.6 Å². The lowest BCUT2D eigenvalue weighted by molar-refractivity contribution is -0.132. The number of aromatic nitrogens is 2. The van der Waals surface area contributed by atoms with Crippen LogP contribution in [0.5, 0.6) is 0 Å². The number of hydrogen-bond donors (Lipinski definition) is 4. The molecule has 1 aromatic heterocycles. The standard InChI is InChI=1S/C18H29FN4O2.C12H11N3O.C4H8.C4H10.3C2H4.C2H2/c1-5-12(2)21-11-13(3)23-8-6-7-15(23)16(24)22-18(17(25)20-4)9-14(18)10-19;16-11-5-6-13-12(14-11)15-7-9-3-1-2-4-10(9)8-15;1-4-2-3-4;1-4(2)3;4*1-2/h14-15,21H,2-3,5-11H2,1,4H3,(H,20,25)(H,22,24);1-6H,7-8H2,(H,13,14,16);4H,2-3H2,1H3;4H,1-3H3;3*1-2H2;1-2H/t14?,15-,18?;;;;;;;/m0......./s1. The van der Waals surface area contributed by atoms with Gasteiger partial charge in [0.1, 0.15) is 11.6 Å². The molecule has 4 aliphatic rings. The number of likely N-dealkylation sites (N-methyl/N-ethyl adjacent to an activating group) is 1. The molecule has 3 atom stereocenters. The first-order valence-corrected chi connectivity index (χ1v) is 19.5. The molecule has 2 unspecified atom stereocenters. The summed E-state index contributed by atoms with van der Waals surface area (Å²) >= 11 is 0. The number of alkyl halides is 1. The van der Waals surface area contributed by atoms with Gasteiger partial charge in [-0.25, -0.2) is 4.98 Å². The van der Waals surface area contributed by atoms with E-state index in [1.165, 1.54) is 43.3 Å². The number of anilines is 1. The fourth-order valence-corrected chi connectivity index (χ4v) is 5.57. The van der Waals surface area contributed by atoms with E-state index in [9.17, 15) is 18.8 Å². The highest BCUT2D eigenvalue weighted by Gasteiger charge is 2.61. The SMILES string of the molecule is C#C.C=C.C=C.C=C.C=C(CC)NCC(=C)N1CCC[C@H]1C(=O)NC1(C(=O)NC)CC1CF.CC(C)C.CC1CC1.O=c1ccnc(N2Cc3ccccc3C2)[nH]1. The summed E-state index contributed by atoms with van der Waals surface area (Å²) in [6.45, 7) is 39.0. The van der Waals surface area contributed by atoms with Crippen molar-refractivity contribution in [3.05, 3.63) is 122 Å². The predicted molar refractivity (Wildman–Crippen MR) is 239 cm³/mol. The molecule has 6 rings (SSSR count). The van der Waals surface area contributed by atoms with Gasteiger partial charge in [0.15, 0.2) is 0 Å². The van der Waals surface area contributed by atoms with Crippen LogP contribution in [0.25, 0.3) is 0 Å². The predicted octanol–water partition coefficient (Wildman–Crippen LogP) is 8.09. The van der Waals surface area contributed by atoms with Gasteiger partial charge < -0.3 is 25.8 Å². The lowest BCUT2D eigenvalue weighted by Crippen LogP contribution is -2.54. The smallest absolute Gasteiger partial charge is 0.252 e. The number of nitrogens with zero attached hydrogens (tertiary/aromatic N) is 3. The highest BCUT2D eigenvalue weighted by Crippen LogP contribution is 2.44. The molecule has 3 heterocycles. The van der Waals surface area contributed by atoms with Crippen LogP contribution in [0.2, 0.25) is 0 Å². The van der Waals surface area contributed by atoms with Gasteiger partial charge in [0, 0.05) is 56.3 Å². The number of benzene rings is 1. The zero-order valence-electron chi connectivity index (χ0n) is 35.8. The Kier molecular flexibility index (Phi) is 28.1. The van der Waals surface area contributed by atoms with Crippen molar-refractivity contribution in [1.82, 2.24) is 30.8 Å². The van der Waals surface area contributed by atoms with E-state index < -0.39 is 18.1 Å². The molecule has 11 heteroatoms. The van der Waals surface area contributed by atoms with Crippen LogP contribution in [0, 0.1) is 30.6 Å². The van der Waals surface area contributed by atoms with E-state index in [4.69, 9.17) is 0 Å². The summed E-state index contributed by atoms with van der Waals surface area (Å²) in [5.41, 5.74) is 3.14. The molecule has 2 aliphatic heterocycles. The maximum atomic E-state index is 13.0. The van der Waals surface area contributed by atoms with Crippen molar-refractivity contribution in [2.45, 2.75) is 97.8 Å². The van der Waals surface area contributed by atoms with E-state index in [1.807, 2.05) is 24.0 Å². The third kappa shape index (κ3) is 18.9. The molecule has 3 fully saturated rings. The van der Waals surface area contributed by atoms with Crippen molar-refractivity contribution in [3.8, 4) is 12.8 Å². The molecular formula is C46H72FN7O3. The number of halogens is 1. The Morgan fingerprint density at radius 2 is 1.53 bits per heavy atom. The first kappa shape index (κ1) is 53.7. The monoisotopic (exact) mass is 790 g/mol. The minimum atomic E-state index is -1.09. The average Bonchev–Trinajstić information content (AvgIpc) is 4.04. The second kappa shape index (κ2) is 29.9. The van der Waals surface area contributed by atoms with Gasteiger partial charge in [-0.3, -0.25) is 23.8 Å². The van der Waals surface area contributed by atoms with Gasteiger partial charge >= 0.3 is 0 Å². The number of nitrogens with one attached hydrogen (secondary N) is 4. The molecular weight excluding hydrogens is 718 g/mol. The molecule has 0 spiro atoms. The minimum Gasteiger partial charge on any atom is -0.383 e. The maximum Gasteiger partial charge on any atom is 0.252 e. The molecule has 1 saturated heterocycles. The van der Waals surface area contributed by atoms with E-state index in [0.717, 1.165) is 55.7 Å². The number of rotatable bonds is 10. The van der Waals surface area contributed by atoms with Gasteiger partial charge in [0.25, 0.3) is 5.56 Å². The van der Waals surface area contributed by atoms with E-state index in [0.29, 0.717) is 25.3 Å². The minimum absolute atomic E-state index is 0.110. The van der Waals surface area contributed by atoms with Gasteiger partial charge in [-0.15, -0.1) is 52.3 Å². The lowest BCUT2D eigenvalue weighted by atomic mass is 10.1. The number of hydrogen-bond acceptors (Lipinski definition) is 7. The molecule has 0 radical (unpaired) electrons. The van der Waals surface area contributed by atoms with Crippen molar-refractivity contribution < 1.29 is 14.0 Å². The quantitative estimate of drug-likeness (QED) is 0.142. The Labute approximate surface area is 343 Å². The zero-order chi connectivity index (χ0) is 44.1. The molecule has 10 nitrogen and oxygen atoms in total. The van der Waals surface area contributed by atoms with Crippen LogP contribution in [0.1, 0.15) is 84.3 Å². The second-order valence-electron chi connectivity index (χ2n) is 14.1. The van der Waals surface area contributed by atoms with Crippen LogP contribution in [0.3, 0.4) is 0 Å². The summed E-state index contributed by atoms with van der Waals surface area (Å²) in [6, 6.07) is 9.33. The fourth-order valence-electron chi connectivity index (χ4n) is 5.57. The van der Waals surface area contributed by atoms with Crippen molar-refractivity contribution in [1.29, 1.82) is 0 Å². The van der Waals surface area contributed by atoms with Crippen LogP contribution in [-0.2, 0) is 22.7 Å². The van der Waals surface area contributed by atoms with Crippen LogP contribution >= 0.6 is 0 Å². The van der Waals surface area contributed by atoms with Gasteiger partial charge in [-0.2, -0.15) is 0 Å². The van der Waals surface area contributed by atoms with Crippen molar-refractivity contribution in [2.24, 2.45) is 17.8 Å². The number of carbonyl (C=O) groups is 2. The first-order chi connectivity index (χ1) is 27.3. The van der Waals surface area contributed by atoms with Crippen LogP contribution in [0.4, 0.5) is 10.3 Å². The largest absolute Gasteiger partial charge is 0.383 e. The average molecular weight is 790 g/mol. The van der Waals surface area contributed by atoms with Crippen molar-refractivity contribution >= 4 is 17.8 Å². The normalized spacial score (nSPS) is 18.7. The van der Waals surface area contributed by atoms with Crippen LogP contribution in [0.15, 0.2) is 105 Å². The molecule has 2 saturated carbocycles. The Hall–Kier alpha value is -5.37. The maximum absolute atomic E-state index is 13.0. The first-order valence-electron chi connectivity index (χ1n) is 19.5. The Balaban J connectivity index is 0. The second-order valence-corrected chi connectivity index (χ2v) is 14.1. The third-order valence-corrected chi connectivity index (χ3v) is 8.86. The van der Waals surface area contributed by atoms with Crippen LogP contribution < -0.4 is 26.4 Å². The fraction of sp³-hybridized carbons (Fsp3) is 0.478. The molecule has 4 N–H and O–H groups in total. The van der Waals surface area contributed by atoms with Crippen molar-refractivity contribution in [2.75, 3.05) is 31.7 Å². The topological polar surface area (TPSA) is 122 Å². The molecule has 316 valence electrons. The number of allylic oxidation sites excluding steroid dienone is 1. The number of carbonyl (C=O) groups excluding carboxylic acids is 2. The van der Waals surface area contributed by atoms with E-state index in [2.05, 4.69) is 136 Å². The summed E-state index contributed by atoms with van der Waals surface area (Å²) in [6.07, 6.45) is 15.3. The molecule has 2 amide bonds. The third-order valence-electron chi connectivity index (χ3n) is 8.86.